The van der Waals surface area contributed by atoms with E-state index in [1.807, 2.05) is 13.8 Å². The highest BCUT2D eigenvalue weighted by Crippen LogP contribution is 2.32. The van der Waals surface area contributed by atoms with Gasteiger partial charge in [-0.25, -0.2) is 0 Å². The van der Waals surface area contributed by atoms with Gasteiger partial charge in [-0.15, -0.1) is 0 Å². The van der Waals surface area contributed by atoms with E-state index in [2.05, 4.69) is 5.32 Å². The van der Waals surface area contributed by atoms with E-state index in [0.717, 1.165) is 12.1 Å². The first kappa shape index (κ1) is 23.0. The minimum Gasteiger partial charge on any atom is -0.463 e. The normalized spacial score (nSPS) is 12.9. The molecule has 0 fully saturated rings. The van der Waals surface area contributed by atoms with Crippen LogP contribution in [0.25, 0.3) is 0 Å². The Labute approximate surface area is 157 Å². The van der Waals surface area contributed by atoms with Crippen molar-refractivity contribution in [1.29, 1.82) is 0 Å². The number of nitrogens with zero attached hydrogens (tertiary/aromatic N) is 1. The maximum atomic E-state index is 13.0. The Bertz CT molecular complexity index is 629. The molecule has 0 spiro atoms. The number of alkyl halides is 3. The van der Waals surface area contributed by atoms with E-state index >= 15 is 0 Å². The molecule has 0 heterocycles. The molecule has 0 saturated heterocycles. The molecular formula is C19H27F3N2O3. The zero-order chi connectivity index (χ0) is 20.6. The van der Waals surface area contributed by atoms with E-state index in [-0.39, 0.29) is 24.6 Å². The Morgan fingerprint density at radius 1 is 1.19 bits per heavy atom. The largest absolute Gasteiger partial charge is 0.463 e. The molecule has 1 aromatic rings. The number of halogens is 3. The number of carbonyl (C=O) groups is 2. The molecular weight excluding hydrogens is 361 g/mol. The molecule has 8 heteroatoms. The number of hydrogen-bond acceptors (Lipinski definition) is 4. The van der Waals surface area contributed by atoms with Crippen LogP contribution < -0.4 is 5.32 Å². The van der Waals surface area contributed by atoms with Crippen LogP contribution in [0.3, 0.4) is 0 Å². The lowest BCUT2D eigenvalue weighted by Crippen LogP contribution is -2.41. The van der Waals surface area contributed by atoms with Crippen molar-refractivity contribution in [2.45, 2.75) is 52.4 Å². The Morgan fingerprint density at radius 3 is 2.33 bits per heavy atom. The lowest BCUT2D eigenvalue weighted by atomic mass is 10.0. The Morgan fingerprint density at radius 2 is 1.81 bits per heavy atom. The second kappa shape index (κ2) is 10.3. The number of carbonyl (C=O) groups excluding carboxylic acids is 2. The number of amides is 1. The predicted octanol–water partition coefficient (Wildman–Crippen LogP) is 3.55. The third-order valence-electron chi connectivity index (χ3n) is 3.95. The summed E-state index contributed by atoms with van der Waals surface area (Å²) >= 11 is 0. The van der Waals surface area contributed by atoms with Crippen LogP contribution in [0.4, 0.5) is 13.2 Å². The molecule has 0 radical (unpaired) electrons. The quantitative estimate of drug-likeness (QED) is 0.658. The Kier molecular flexibility index (Phi) is 8.75. The third-order valence-corrected chi connectivity index (χ3v) is 3.95. The number of nitrogens with one attached hydrogen (secondary N) is 1. The van der Waals surface area contributed by atoms with Gasteiger partial charge in [0.15, 0.2) is 0 Å². The van der Waals surface area contributed by atoms with Crippen molar-refractivity contribution in [2.75, 3.05) is 19.6 Å². The number of ether oxygens (including phenoxy) is 1. The number of likely N-dealkylation sites (N-methyl/N-ethyl adjacent to an activating group) is 1. The highest BCUT2D eigenvalue weighted by atomic mass is 19.4. The Balaban J connectivity index is 2.95. The van der Waals surface area contributed by atoms with Gasteiger partial charge in [-0.05, 0) is 44.6 Å². The van der Waals surface area contributed by atoms with Gasteiger partial charge in [-0.1, -0.05) is 26.0 Å². The van der Waals surface area contributed by atoms with Crippen LogP contribution in [0.15, 0.2) is 24.3 Å². The van der Waals surface area contributed by atoms with Gasteiger partial charge in [0, 0.05) is 6.54 Å². The van der Waals surface area contributed by atoms with Crippen molar-refractivity contribution in [3.8, 4) is 0 Å². The van der Waals surface area contributed by atoms with Gasteiger partial charge in [0.2, 0.25) is 5.91 Å². The van der Waals surface area contributed by atoms with E-state index in [1.54, 1.807) is 18.7 Å². The molecule has 1 rings (SSSR count). The zero-order valence-electron chi connectivity index (χ0n) is 16.1. The minimum atomic E-state index is -4.49. The van der Waals surface area contributed by atoms with Crippen LogP contribution in [-0.2, 0) is 20.5 Å². The average Bonchev–Trinajstić information content (AvgIpc) is 2.58. The summed E-state index contributed by atoms with van der Waals surface area (Å²) < 4.78 is 44.1. The van der Waals surface area contributed by atoms with E-state index in [1.165, 1.54) is 12.1 Å². The smallest absolute Gasteiger partial charge is 0.416 e. The number of rotatable bonds is 9. The van der Waals surface area contributed by atoms with Gasteiger partial charge < -0.3 is 10.1 Å². The summed E-state index contributed by atoms with van der Waals surface area (Å²) in [6.07, 6.45) is -4.74. The summed E-state index contributed by atoms with van der Waals surface area (Å²) in [5.41, 5.74) is -0.541. The summed E-state index contributed by atoms with van der Waals surface area (Å²) in [4.78, 5) is 26.0. The fourth-order valence-electron chi connectivity index (χ4n) is 2.71. The van der Waals surface area contributed by atoms with Crippen LogP contribution in [0.5, 0.6) is 0 Å². The first-order valence-corrected chi connectivity index (χ1v) is 8.98. The lowest BCUT2D eigenvalue weighted by molar-refractivity contribution is -0.147. The minimum absolute atomic E-state index is 0.00250. The summed E-state index contributed by atoms with van der Waals surface area (Å²) in [7, 11) is 0. The van der Waals surface area contributed by atoms with E-state index < -0.39 is 29.7 Å². The van der Waals surface area contributed by atoms with Gasteiger partial charge >= 0.3 is 12.1 Å². The Hall–Kier alpha value is -2.09. The van der Waals surface area contributed by atoms with E-state index in [9.17, 15) is 22.8 Å². The molecule has 1 atom stereocenters. The SMILES string of the molecule is CCN(CC)[C@H](C(=O)NCCC(=O)OC(C)C)c1cccc(C(F)(F)F)c1. The van der Waals surface area contributed by atoms with Crippen molar-refractivity contribution in [2.24, 2.45) is 0 Å². The van der Waals surface area contributed by atoms with Gasteiger partial charge in [0.25, 0.3) is 0 Å². The predicted molar refractivity (Wildman–Crippen MR) is 96.0 cm³/mol. The molecule has 152 valence electrons. The monoisotopic (exact) mass is 388 g/mol. The van der Waals surface area contributed by atoms with Crippen LogP contribution >= 0.6 is 0 Å². The van der Waals surface area contributed by atoms with Crippen molar-refractivity contribution in [1.82, 2.24) is 10.2 Å². The number of hydrogen-bond donors (Lipinski definition) is 1. The molecule has 1 aromatic carbocycles. The standard InChI is InChI=1S/C19H27F3N2O3/c1-5-24(6-2)17(14-8-7-9-15(12-14)19(20,21)22)18(26)23-11-10-16(25)27-13(3)4/h7-9,12-13,17H,5-6,10-11H2,1-4H3,(H,23,26)/t17-/m0/s1. The lowest BCUT2D eigenvalue weighted by Gasteiger charge is -2.29. The third kappa shape index (κ3) is 7.21. The summed E-state index contributed by atoms with van der Waals surface area (Å²) in [6.45, 7) is 8.14. The molecule has 0 aromatic heterocycles. The summed E-state index contributed by atoms with van der Waals surface area (Å²) in [5, 5.41) is 2.63. The van der Waals surface area contributed by atoms with E-state index in [4.69, 9.17) is 4.74 Å². The topological polar surface area (TPSA) is 58.6 Å². The molecule has 0 unspecified atom stereocenters. The van der Waals surface area contributed by atoms with E-state index in [0.29, 0.717) is 13.1 Å². The molecule has 1 N–H and O–H groups in total. The average molecular weight is 388 g/mol. The molecule has 0 aliphatic rings. The second-order valence-corrected chi connectivity index (χ2v) is 6.33. The summed E-state index contributed by atoms with van der Waals surface area (Å²) in [6, 6.07) is 3.90. The van der Waals surface area contributed by atoms with Crippen LogP contribution in [-0.4, -0.2) is 42.5 Å². The van der Waals surface area contributed by atoms with Crippen LogP contribution in [0.1, 0.15) is 51.3 Å². The van der Waals surface area contributed by atoms with Gasteiger partial charge in [-0.3, -0.25) is 14.5 Å². The van der Waals surface area contributed by atoms with Gasteiger partial charge in [-0.2, -0.15) is 13.2 Å². The van der Waals surface area contributed by atoms with Crippen molar-refractivity contribution >= 4 is 11.9 Å². The zero-order valence-corrected chi connectivity index (χ0v) is 16.1. The molecule has 1 amide bonds. The fourth-order valence-corrected chi connectivity index (χ4v) is 2.71. The molecule has 0 aliphatic heterocycles. The molecule has 0 aliphatic carbocycles. The fraction of sp³-hybridized carbons (Fsp3) is 0.579. The molecule has 27 heavy (non-hydrogen) atoms. The highest BCUT2D eigenvalue weighted by molar-refractivity contribution is 5.83. The van der Waals surface area contributed by atoms with Crippen LogP contribution in [0, 0.1) is 0 Å². The van der Waals surface area contributed by atoms with Crippen molar-refractivity contribution in [3.05, 3.63) is 35.4 Å². The second-order valence-electron chi connectivity index (χ2n) is 6.33. The highest BCUT2D eigenvalue weighted by Gasteiger charge is 2.33. The van der Waals surface area contributed by atoms with Crippen molar-refractivity contribution < 1.29 is 27.5 Å². The van der Waals surface area contributed by atoms with Crippen molar-refractivity contribution in [3.63, 3.8) is 0 Å². The van der Waals surface area contributed by atoms with Gasteiger partial charge in [0.1, 0.15) is 6.04 Å². The number of esters is 1. The van der Waals surface area contributed by atoms with Gasteiger partial charge in [0.05, 0.1) is 18.1 Å². The first-order valence-electron chi connectivity index (χ1n) is 8.98. The molecule has 5 nitrogen and oxygen atoms in total. The first-order chi connectivity index (χ1) is 12.6. The maximum absolute atomic E-state index is 13.0. The molecule has 0 bridgehead atoms. The maximum Gasteiger partial charge on any atom is 0.416 e. The molecule has 0 saturated carbocycles. The summed E-state index contributed by atoms with van der Waals surface area (Å²) in [5.74, 6) is -0.890. The number of benzene rings is 1. The van der Waals surface area contributed by atoms with Crippen LogP contribution in [0.2, 0.25) is 0 Å².